The van der Waals surface area contributed by atoms with Crippen molar-refractivity contribution in [3.63, 3.8) is 0 Å². The Bertz CT molecular complexity index is 5540. The van der Waals surface area contributed by atoms with Crippen LogP contribution < -0.4 is 9.47 Å². The number of carbonyl (C=O) groups is 2. The number of benzene rings is 10. The third-order valence-corrected chi connectivity index (χ3v) is 18.4. The molecule has 0 atom stereocenters. The molecule has 0 saturated carbocycles. The SMILES string of the molecule is CC(C)(C)CC(C)(C)c1ccc(O)c(-n2nc3ccccc3n2)c1.CC(C)(C)c1cc(-n2nc3ccc(Cl)cc3n2)c(O)c(C(C)(C)C)c1.CC(C)(C)c1cc(CCC(=O)O)cc(-n2nc3ccccc3n2)c1O.O=C(c1ccccc1)c1ccc(OCCCOc2ccc(-n3nc4ccccc4n3)c(O)c2)cc1O. The molecule has 0 spiro atoms. The highest BCUT2D eigenvalue weighted by Crippen LogP contribution is 2.42. The summed E-state index contributed by atoms with van der Waals surface area (Å²) in [5.74, 6) is 0.253. The molecule has 4 heterocycles. The molecule has 0 bridgehead atoms. The Kier molecular flexibility index (Phi) is 23.2. The molecule has 0 radical (unpaired) electrons. The van der Waals surface area contributed by atoms with E-state index in [4.69, 9.17) is 26.2 Å². The maximum absolute atomic E-state index is 12.5. The average Bonchev–Trinajstić information content (AvgIpc) is 1.45. The fourth-order valence-corrected chi connectivity index (χ4v) is 12.9. The van der Waals surface area contributed by atoms with Crippen LogP contribution in [0.5, 0.6) is 40.2 Å². The van der Waals surface area contributed by atoms with E-state index in [-0.39, 0.29) is 73.6 Å². The lowest BCUT2D eigenvalue weighted by Gasteiger charge is -2.33. The maximum atomic E-state index is 12.5. The first-order valence-electron chi connectivity index (χ1n) is 36.3. The normalized spacial score (nSPS) is 11.9. The van der Waals surface area contributed by atoms with E-state index in [1.807, 2.05) is 130 Å². The van der Waals surface area contributed by atoms with E-state index < -0.39 is 5.97 Å². The number of rotatable bonds is 17. The van der Waals surface area contributed by atoms with Crippen molar-refractivity contribution >= 4 is 67.5 Å². The number of hydrogen-bond donors (Lipinski definition) is 6. The number of phenols is 5. The fourth-order valence-electron chi connectivity index (χ4n) is 12.7. The molecule has 568 valence electrons. The summed E-state index contributed by atoms with van der Waals surface area (Å²) in [6.45, 7) is 30.7. The van der Waals surface area contributed by atoms with Crippen LogP contribution in [0.4, 0.5) is 0 Å². The van der Waals surface area contributed by atoms with Crippen LogP contribution in [-0.2, 0) is 32.9 Å². The molecular weight excluding hydrogens is 1410 g/mol. The maximum Gasteiger partial charge on any atom is 0.303 e. The predicted octanol–water partition coefficient (Wildman–Crippen LogP) is 18.6. The van der Waals surface area contributed by atoms with Crippen molar-refractivity contribution < 1.29 is 49.7 Å². The molecule has 4 aromatic heterocycles. The van der Waals surface area contributed by atoms with Crippen LogP contribution in [0, 0.1) is 5.41 Å². The van der Waals surface area contributed by atoms with E-state index in [9.17, 15) is 35.1 Å². The van der Waals surface area contributed by atoms with Crippen LogP contribution >= 0.6 is 11.6 Å². The highest BCUT2D eigenvalue weighted by molar-refractivity contribution is 6.31. The molecule has 22 nitrogen and oxygen atoms in total. The number of aromatic nitrogens is 12. The van der Waals surface area contributed by atoms with Crippen molar-refractivity contribution in [2.45, 2.75) is 144 Å². The van der Waals surface area contributed by atoms with Crippen molar-refractivity contribution in [1.82, 2.24) is 60.0 Å². The molecule has 0 saturated heterocycles. The van der Waals surface area contributed by atoms with E-state index in [1.165, 1.54) is 36.9 Å². The van der Waals surface area contributed by atoms with Crippen LogP contribution in [0.3, 0.4) is 0 Å². The van der Waals surface area contributed by atoms with Crippen LogP contribution in [0.15, 0.2) is 200 Å². The van der Waals surface area contributed by atoms with Gasteiger partial charge in [0.2, 0.25) is 0 Å². The largest absolute Gasteiger partial charge is 0.507 e. The summed E-state index contributed by atoms with van der Waals surface area (Å²) in [6, 6.07) is 59.8. The molecule has 0 aliphatic heterocycles. The number of aliphatic carboxylic acids is 1. The van der Waals surface area contributed by atoms with Crippen LogP contribution in [0.1, 0.15) is 160 Å². The standard InChI is InChI=1S/C28H23N3O5.C20H24ClN3O.C20H25N3O.C19H21N3O3/c32-26-17-20(11-13-22(26)28(34)19-7-2-1-3-8-19)35-15-6-16-36-21-12-14-25(27(33)18-21)31-29-23-9-4-5-10-24(23)30-31;1-19(2,3)12-9-14(20(4,5)6)18(25)17(10-12)24-22-15-8-7-13(21)11-16(15)23-24;1-19(2,3)13-20(4,5)14-10-11-18(24)17(12-14)23-21-15-8-6-7-9-16(15)22-23;1-19(2,3)13-10-12(8-9-17(23)24)11-16(18(13)25)22-20-14-6-4-5-7-15(14)21-22/h1-5,7-14,17-18,32-33H,6,15-16H2;7-11,25H,1-6H3;6-12,24H,13H2,1-5H3;4-7,10-11,25H,8-9H2,1-3H3,(H,23,24). The van der Waals surface area contributed by atoms with Gasteiger partial charge in [-0.05, 0) is 160 Å². The van der Waals surface area contributed by atoms with Crippen molar-refractivity contribution in [3.8, 4) is 63.0 Å². The first-order valence-corrected chi connectivity index (χ1v) is 36.7. The monoisotopic (exact) mass is 1500 g/mol. The summed E-state index contributed by atoms with van der Waals surface area (Å²) < 4.78 is 11.4. The Morgan fingerprint density at radius 3 is 1.31 bits per heavy atom. The van der Waals surface area contributed by atoms with Gasteiger partial charge in [-0.15, -0.1) is 60.0 Å². The van der Waals surface area contributed by atoms with E-state index in [2.05, 4.69) is 123 Å². The molecule has 10 aromatic carbocycles. The van der Waals surface area contributed by atoms with Crippen molar-refractivity contribution in [2.75, 3.05) is 13.2 Å². The summed E-state index contributed by atoms with van der Waals surface area (Å²) in [5.41, 5.74) is 13.3. The number of hydrogen-bond acceptors (Lipinski definition) is 17. The minimum Gasteiger partial charge on any atom is -0.507 e. The summed E-state index contributed by atoms with van der Waals surface area (Å²) in [5, 5.41) is 97.9. The van der Waals surface area contributed by atoms with Crippen molar-refractivity contribution in [1.29, 1.82) is 0 Å². The van der Waals surface area contributed by atoms with Gasteiger partial charge in [-0.25, -0.2) is 0 Å². The molecule has 14 rings (SSSR count). The quantitative estimate of drug-likeness (QED) is 0.0365. The molecule has 0 aliphatic carbocycles. The first kappa shape index (κ1) is 78.9. The molecule has 0 amide bonds. The van der Waals surface area contributed by atoms with Crippen LogP contribution in [-0.4, -0.2) is 116 Å². The van der Waals surface area contributed by atoms with Gasteiger partial charge in [0.15, 0.2) is 5.78 Å². The first-order chi connectivity index (χ1) is 52.0. The Morgan fingerprint density at radius 1 is 0.400 bits per heavy atom. The second kappa shape index (κ2) is 32.3. The number of nitrogens with zero attached hydrogens (tertiary/aromatic N) is 12. The van der Waals surface area contributed by atoms with E-state index in [1.54, 1.807) is 72.8 Å². The van der Waals surface area contributed by atoms with Gasteiger partial charge in [0, 0.05) is 46.7 Å². The number of fused-ring (bicyclic) bond motifs is 4. The van der Waals surface area contributed by atoms with Gasteiger partial charge in [-0.3, -0.25) is 9.59 Å². The number of carboxylic acids is 1. The second-order valence-electron chi connectivity index (χ2n) is 32.0. The zero-order valence-corrected chi connectivity index (χ0v) is 65.1. The van der Waals surface area contributed by atoms with Gasteiger partial charge in [-0.1, -0.05) is 193 Å². The Hall–Kier alpha value is -12.2. The van der Waals surface area contributed by atoms with Gasteiger partial charge in [0.25, 0.3) is 0 Å². The average molecular weight is 1500 g/mol. The third-order valence-electron chi connectivity index (χ3n) is 18.2. The number of phenolic OH excluding ortho intramolecular Hbond substituents is 5. The topological polar surface area (TPSA) is 297 Å². The Balaban J connectivity index is 0.000000148. The zero-order chi connectivity index (χ0) is 79.2. The molecule has 0 unspecified atom stereocenters. The summed E-state index contributed by atoms with van der Waals surface area (Å²) in [4.78, 5) is 29.3. The number of ketones is 1. The summed E-state index contributed by atoms with van der Waals surface area (Å²) in [7, 11) is 0. The minimum atomic E-state index is -0.852. The van der Waals surface area contributed by atoms with Crippen LogP contribution in [0.25, 0.3) is 66.9 Å². The number of aryl methyl sites for hydroxylation is 1. The Labute approximate surface area is 643 Å². The lowest BCUT2D eigenvalue weighted by atomic mass is 9.72. The fraction of sp³-hybridized carbons (Fsp3) is 0.287. The number of halogens is 1. The highest BCUT2D eigenvalue weighted by Gasteiger charge is 2.30. The minimum absolute atomic E-state index is 0.00432. The van der Waals surface area contributed by atoms with E-state index in [0.29, 0.717) is 76.4 Å². The molecule has 0 aliphatic rings. The Morgan fingerprint density at radius 2 is 0.836 bits per heavy atom. The number of aromatic hydroxyl groups is 5. The summed E-state index contributed by atoms with van der Waals surface area (Å²) >= 11 is 6.05. The second-order valence-corrected chi connectivity index (χ2v) is 32.4. The zero-order valence-electron chi connectivity index (χ0n) is 64.4. The van der Waals surface area contributed by atoms with Gasteiger partial charge in [0.05, 0.1) is 18.8 Å². The highest BCUT2D eigenvalue weighted by atomic mass is 35.5. The number of carboxylic acid groups (broad SMARTS) is 1. The molecule has 23 heteroatoms. The van der Waals surface area contributed by atoms with Gasteiger partial charge in [-0.2, -0.15) is 0 Å². The summed E-state index contributed by atoms with van der Waals surface area (Å²) in [6.07, 6.45) is 2.02. The molecule has 6 N–H and O–H groups in total. The molecule has 0 fully saturated rings. The van der Waals surface area contributed by atoms with Gasteiger partial charge in [0.1, 0.15) is 107 Å². The van der Waals surface area contributed by atoms with Crippen molar-refractivity contribution in [2.24, 2.45) is 5.41 Å². The lowest BCUT2D eigenvalue weighted by Crippen LogP contribution is -2.25. The van der Waals surface area contributed by atoms with Gasteiger partial charge >= 0.3 is 5.97 Å². The third kappa shape index (κ3) is 19.2. The van der Waals surface area contributed by atoms with E-state index in [0.717, 1.165) is 67.3 Å². The predicted molar refractivity (Wildman–Crippen MR) is 430 cm³/mol. The molecule has 110 heavy (non-hydrogen) atoms. The van der Waals surface area contributed by atoms with Crippen molar-refractivity contribution in [3.05, 3.63) is 244 Å². The number of ether oxygens (including phenoxy) is 2. The number of carbonyl (C=O) groups excluding carboxylic acids is 1. The smallest absolute Gasteiger partial charge is 0.303 e. The molecule has 14 aromatic rings. The molecular formula is C87H93ClN12O10. The lowest BCUT2D eigenvalue weighted by molar-refractivity contribution is -0.136. The van der Waals surface area contributed by atoms with Crippen LogP contribution in [0.2, 0.25) is 5.02 Å². The van der Waals surface area contributed by atoms with Gasteiger partial charge < -0.3 is 40.1 Å². The van der Waals surface area contributed by atoms with E-state index >= 15 is 0 Å².